The maximum Gasteiger partial charge on any atom is 0.255 e. The molecule has 0 radical (unpaired) electrons. The molecule has 0 bridgehead atoms. The molecule has 1 aliphatic rings. The summed E-state index contributed by atoms with van der Waals surface area (Å²) in [5.74, 6) is -0.366. The van der Waals surface area contributed by atoms with Gasteiger partial charge in [0.2, 0.25) is 5.91 Å². The zero-order valence-corrected chi connectivity index (χ0v) is 10.6. The lowest BCUT2D eigenvalue weighted by molar-refractivity contribution is -0.118. The first-order chi connectivity index (χ1) is 8.44. The van der Waals surface area contributed by atoms with E-state index in [4.69, 9.17) is 5.73 Å². The number of benzene rings is 1. The van der Waals surface area contributed by atoms with Crippen LogP contribution in [-0.4, -0.2) is 36.3 Å². The Morgan fingerprint density at radius 3 is 2.44 bits per heavy atom. The van der Waals surface area contributed by atoms with E-state index >= 15 is 0 Å². The fourth-order valence-corrected chi connectivity index (χ4v) is 1.63. The second-order valence-corrected chi connectivity index (χ2v) is 4.86. The summed E-state index contributed by atoms with van der Waals surface area (Å²) in [4.78, 5) is 25.3. The van der Waals surface area contributed by atoms with E-state index in [1.165, 1.54) is 4.90 Å². The number of hydrogen-bond acceptors (Lipinski definition) is 3. The Labute approximate surface area is 106 Å². The van der Waals surface area contributed by atoms with Crippen molar-refractivity contribution >= 4 is 17.5 Å². The molecule has 1 aromatic carbocycles. The van der Waals surface area contributed by atoms with Crippen LogP contribution in [0.25, 0.3) is 0 Å². The number of rotatable bonds is 3. The summed E-state index contributed by atoms with van der Waals surface area (Å²) < 4.78 is 0. The highest BCUT2D eigenvalue weighted by atomic mass is 16.2. The largest absolute Gasteiger partial charge is 0.345 e. The third kappa shape index (κ3) is 2.36. The average molecular weight is 247 g/mol. The molecule has 0 spiro atoms. The third-order valence-electron chi connectivity index (χ3n) is 3.05. The molecule has 1 fully saturated rings. The Bertz CT molecular complexity index is 493. The van der Waals surface area contributed by atoms with E-state index < -0.39 is 5.54 Å². The second kappa shape index (κ2) is 4.42. The minimum Gasteiger partial charge on any atom is -0.345 e. The van der Waals surface area contributed by atoms with Gasteiger partial charge in [-0.1, -0.05) is 12.1 Å². The van der Waals surface area contributed by atoms with Crippen LogP contribution in [-0.2, 0) is 4.79 Å². The second-order valence-electron chi connectivity index (χ2n) is 4.86. The van der Waals surface area contributed by atoms with Crippen molar-refractivity contribution in [1.82, 2.24) is 4.90 Å². The minimum atomic E-state index is -0.742. The molecule has 3 N–H and O–H groups in total. The van der Waals surface area contributed by atoms with Crippen LogP contribution in [0.5, 0.6) is 0 Å². The van der Waals surface area contributed by atoms with Crippen molar-refractivity contribution < 1.29 is 9.59 Å². The first kappa shape index (κ1) is 12.6. The van der Waals surface area contributed by atoms with E-state index in [9.17, 15) is 9.59 Å². The highest BCUT2D eigenvalue weighted by molar-refractivity contribution is 6.06. The van der Waals surface area contributed by atoms with E-state index in [0.29, 0.717) is 24.1 Å². The lowest BCUT2D eigenvalue weighted by Gasteiger charge is -2.16. The molecular formula is C13H17N3O2. The molecule has 18 heavy (non-hydrogen) atoms. The first-order valence-electron chi connectivity index (χ1n) is 5.85. The highest BCUT2D eigenvalue weighted by Gasteiger charge is 2.46. The molecule has 1 aliphatic carbocycles. The van der Waals surface area contributed by atoms with Crippen molar-refractivity contribution in [2.24, 2.45) is 5.73 Å². The van der Waals surface area contributed by atoms with E-state index in [1.807, 2.05) is 0 Å². The summed E-state index contributed by atoms with van der Waals surface area (Å²) >= 11 is 0. The molecule has 0 unspecified atom stereocenters. The molecule has 5 nitrogen and oxygen atoms in total. The van der Waals surface area contributed by atoms with Crippen LogP contribution in [0.2, 0.25) is 0 Å². The van der Waals surface area contributed by atoms with Crippen LogP contribution in [0, 0.1) is 0 Å². The summed E-state index contributed by atoms with van der Waals surface area (Å²) in [6, 6.07) is 6.94. The number of carbonyl (C=O) groups is 2. The number of nitrogens with two attached hydrogens (primary N) is 1. The summed E-state index contributed by atoms with van der Waals surface area (Å²) in [5, 5.41) is 2.74. The van der Waals surface area contributed by atoms with Crippen LogP contribution in [0.4, 0.5) is 5.69 Å². The predicted octanol–water partition coefficient (Wildman–Crippen LogP) is 0.818. The van der Waals surface area contributed by atoms with Gasteiger partial charge in [0, 0.05) is 14.1 Å². The van der Waals surface area contributed by atoms with E-state index in [0.717, 1.165) is 0 Å². The molecule has 0 saturated heterocycles. The number of hydrogen-bond donors (Lipinski definition) is 2. The monoisotopic (exact) mass is 247 g/mol. The molecular weight excluding hydrogens is 230 g/mol. The topological polar surface area (TPSA) is 75.4 Å². The van der Waals surface area contributed by atoms with Gasteiger partial charge in [-0.25, -0.2) is 0 Å². The average Bonchev–Trinajstić information content (AvgIpc) is 3.08. The van der Waals surface area contributed by atoms with E-state index in [-0.39, 0.29) is 11.8 Å². The lowest BCUT2D eigenvalue weighted by atomic mass is 10.1. The van der Waals surface area contributed by atoms with Crippen LogP contribution in [0.1, 0.15) is 23.2 Å². The third-order valence-corrected chi connectivity index (χ3v) is 3.05. The van der Waals surface area contributed by atoms with Gasteiger partial charge >= 0.3 is 0 Å². The number of nitrogens with one attached hydrogen (secondary N) is 1. The molecule has 2 rings (SSSR count). The fraction of sp³-hybridized carbons (Fsp3) is 0.385. The molecule has 96 valence electrons. The zero-order chi connectivity index (χ0) is 13.3. The van der Waals surface area contributed by atoms with Crippen LogP contribution < -0.4 is 11.1 Å². The van der Waals surface area contributed by atoms with Gasteiger partial charge in [0.05, 0.1) is 16.8 Å². The van der Waals surface area contributed by atoms with Gasteiger partial charge in [-0.2, -0.15) is 0 Å². The van der Waals surface area contributed by atoms with Crippen molar-refractivity contribution in [3.05, 3.63) is 29.8 Å². The van der Waals surface area contributed by atoms with Gasteiger partial charge < -0.3 is 16.0 Å². The van der Waals surface area contributed by atoms with Crippen molar-refractivity contribution in [3.63, 3.8) is 0 Å². The molecule has 1 saturated carbocycles. The van der Waals surface area contributed by atoms with E-state index in [1.54, 1.807) is 38.4 Å². The number of carbonyl (C=O) groups excluding carboxylic acids is 2. The molecule has 5 heteroatoms. The van der Waals surface area contributed by atoms with Gasteiger partial charge in [-0.3, -0.25) is 9.59 Å². The van der Waals surface area contributed by atoms with Crippen molar-refractivity contribution in [3.8, 4) is 0 Å². The Kier molecular flexibility index (Phi) is 3.09. The number of nitrogens with zero attached hydrogens (tertiary/aromatic N) is 1. The molecule has 0 heterocycles. The van der Waals surface area contributed by atoms with Gasteiger partial charge in [-0.15, -0.1) is 0 Å². The molecule has 0 atom stereocenters. The number of amides is 2. The van der Waals surface area contributed by atoms with E-state index in [2.05, 4.69) is 5.32 Å². The normalized spacial score (nSPS) is 15.9. The van der Waals surface area contributed by atoms with Crippen LogP contribution in [0.3, 0.4) is 0 Å². The number of anilines is 1. The van der Waals surface area contributed by atoms with Gasteiger partial charge in [-0.05, 0) is 25.0 Å². The van der Waals surface area contributed by atoms with Crippen molar-refractivity contribution in [2.45, 2.75) is 18.4 Å². The summed E-state index contributed by atoms with van der Waals surface area (Å²) in [6.07, 6.45) is 1.39. The van der Waals surface area contributed by atoms with Gasteiger partial charge in [0.25, 0.3) is 5.91 Å². The van der Waals surface area contributed by atoms with Crippen LogP contribution >= 0.6 is 0 Å². The summed E-state index contributed by atoms with van der Waals surface area (Å²) in [7, 11) is 3.35. The predicted molar refractivity (Wildman–Crippen MR) is 69.2 cm³/mol. The smallest absolute Gasteiger partial charge is 0.255 e. The lowest BCUT2D eigenvalue weighted by Crippen LogP contribution is -2.38. The molecule has 0 aromatic heterocycles. The fourth-order valence-electron chi connectivity index (χ4n) is 1.63. The first-order valence-corrected chi connectivity index (χ1v) is 5.85. The van der Waals surface area contributed by atoms with Crippen molar-refractivity contribution in [2.75, 3.05) is 19.4 Å². The highest BCUT2D eigenvalue weighted by Crippen LogP contribution is 2.33. The minimum absolute atomic E-state index is 0.146. The Morgan fingerprint density at radius 2 is 1.89 bits per heavy atom. The zero-order valence-electron chi connectivity index (χ0n) is 10.6. The summed E-state index contributed by atoms with van der Waals surface area (Å²) in [5.41, 5.74) is 6.06. The standard InChI is InChI=1S/C13H17N3O2/c1-16(2)11(17)9-5-3-4-6-10(9)15-12(18)13(14)7-8-13/h3-6H,7-8,14H2,1-2H3,(H,15,18). The Balaban J connectivity index is 2.22. The molecule has 1 aromatic rings. The maximum atomic E-state index is 12.0. The Morgan fingerprint density at radius 1 is 1.28 bits per heavy atom. The van der Waals surface area contributed by atoms with Crippen molar-refractivity contribution in [1.29, 1.82) is 0 Å². The van der Waals surface area contributed by atoms with Gasteiger partial charge in [0.1, 0.15) is 0 Å². The summed E-state index contributed by atoms with van der Waals surface area (Å²) in [6.45, 7) is 0. The SMILES string of the molecule is CN(C)C(=O)c1ccccc1NC(=O)C1(N)CC1. The maximum absolute atomic E-state index is 12.0. The van der Waals surface area contributed by atoms with Gasteiger partial charge in [0.15, 0.2) is 0 Å². The van der Waals surface area contributed by atoms with Crippen LogP contribution in [0.15, 0.2) is 24.3 Å². The molecule has 0 aliphatic heterocycles. The Hall–Kier alpha value is -1.88. The number of para-hydroxylation sites is 1. The quantitative estimate of drug-likeness (QED) is 0.830. The molecule has 2 amide bonds.